The molecular weight excluding hydrogens is 263 g/mol. The van der Waals surface area contributed by atoms with Gasteiger partial charge in [0.1, 0.15) is 5.82 Å². The molecule has 1 aromatic rings. The van der Waals surface area contributed by atoms with E-state index < -0.39 is 0 Å². The van der Waals surface area contributed by atoms with Crippen LogP contribution in [0.5, 0.6) is 0 Å². The van der Waals surface area contributed by atoms with Crippen LogP contribution < -0.4 is 0 Å². The second kappa shape index (κ2) is 6.02. The zero-order valence-electron chi connectivity index (χ0n) is 10.9. The van der Waals surface area contributed by atoms with E-state index in [1.807, 2.05) is 13.8 Å². The number of halogens is 1. The van der Waals surface area contributed by atoms with Crippen LogP contribution in [-0.4, -0.2) is 29.1 Å². The summed E-state index contributed by atoms with van der Waals surface area (Å²) < 4.78 is 13.6. The van der Waals surface area contributed by atoms with Gasteiger partial charge >= 0.3 is 0 Å². The first-order chi connectivity index (χ1) is 9.17. The summed E-state index contributed by atoms with van der Waals surface area (Å²) in [5.41, 5.74) is 0.423. The minimum atomic E-state index is -0.327. The lowest BCUT2D eigenvalue weighted by Crippen LogP contribution is -2.28. The fourth-order valence-corrected chi connectivity index (χ4v) is 2.87. The van der Waals surface area contributed by atoms with Crippen LogP contribution in [0.15, 0.2) is 34.2 Å². The number of benzene rings is 1. The van der Waals surface area contributed by atoms with E-state index in [0.717, 1.165) is 0 Å². The van der Waals surface area contributed by atoms with Crippen molar-refractivity contribution in [1.29, 1.82) is 0 Å². The summed E-state index contributed by atoms with van der Waals surface area (Å²) in [4.78, 5) is 18.6. The minimum absolute atomic E-state index is 0.108. The molecule has 100 valence electrons. The molecule has 1 aliphatic rings. The Morgan fingerprint density at radius 3 is 2.74 bits per heavy atom. The molecule has 0 spiro atoms. The molecule has 19 heavy (non-hydrogen) atoms. The maximum atomic E-state index is 13.6. The molecule has 0 aromatic heterocycles. The van der Waals surface area contributed by atoms with E-state index in [0.29, 0.717) is 28.7 Å². The standard InChI is InChI=1S/C14H15FN2OS/c1-3-16-14-17(4-2)13(18)12(19-14)9-10-7-5-6-8-11(10)15/h5-9H,3-4H2,1-2H3/b12-9-,16-14?. The normalized spacial score (nSPS) is 19.7. The van der Waals surface area contributed by atoms with Crippen LogP contribution in [0.1, 0.15) is 19.4 Å². The van der Waals surface area contributed by atoms with Gasteiger partial charge in [-0.05, 0) is 37.8 Å². The minimum Gasteiger partial charge on any atom is -0.287 e. The van der Waals surface area contributed by atoms with Crippen molar-refractivity contribution in [1.82, 2.24) is 4.90 Å². The molecule has 0 aliphatic carbocycles. The van der Waals surface area contributed by atoms with Crippen LogP contribution in [0.25, 0.3) is 6.08 Å². The number of aliphatic imine (C=N–C) groups is 1. The molecule has 3 nitrogen and oxygen atoms in total. The monoisotopic (exact) mass is 278 g/mol. The lowest BCUT2D eigenvalue weighted by molar-refractivity contribution is -0.122. The largest absolute Gasteiger partial charge is 0.287 e. The van der Waals surface area contributed by atoms with Gasteiger partial charge < -0.3 is 0 Å². The lowest BCUT2D eigenvalue weighted by Gasteiger charge is -2.11. The molecule has 1 amide bonds. The van der Waals surface area contributed by atoms with Crippen molar-refractivity contribution < 1.29 is 9.18 Å². The Balaban J connectivity index is 2.34. The van der Waals surface area contributed by atoms with Gasteiger partial charge in [0.15, 0.2) is 5.17 Å². The highest BCUT2D eigenvalue weighted by molar-refractivity contribution is 8.18. The molecule has 0 bridgehead atoms. The Morgan fingerprint density at radius 1 is 1.37 bits per heavy atom. The highest BCUT2D eigenvalue weighted by Gasteiger charge is 2.31. The first-order valence-electron chi connectivity index (χ1n) is 6.17. The number of nitrogens with zero attached hydrogens (tertiary/aromatic N) is 2. The van der Waals surface area contributed by atoms with Crippen LogP contribution in [0.2, 0.25) is 0 Å². The summed E-state index contributed by atoms with van der Waals surface area (Å²) in [6.07, 6.45) is 1.59. The molecule has 5 heteroatoms. The van der Waals surface area contributed by atoms with Gasteiger partial charge in [0.05, 0.1) is 4.91 Å². The zero-order chi connectivity index (χ0) is 13.8. The van der Waals surface area contributed by atoms with Crippen molar-refractivity contribution in [2.45, 2.75) is 13.8 Å². The third-order valence-electron chi connectivity index (χ3n) is 2.69. The van der Waals surface area contributed by atoms with Crippen LogP contribution in [-0.2, 0) is 4.79 Å². The Bertz CT molecular complexity index is 554. The van der Waals surface area contributed by atoms with Crippen molar-refractivity contribution in [2.75, 3.05) is 13.1 Å². The number of amides is 1. The van der Waals surface area contributed by atoms with E-state index in [1.54, 1.807) is 29.2 Å². The van der Waals surface area contributed by atoms with Gasteiger partial charge in [0, 0.05) is 18.7 Å². The summed E-state index contributed by atoms with van der Waals surface area (Å²) in [6, 6.07) is 6.41. The average molecular weight is 278 g/mol. The van der Waals surface area contributed by atoms with Gasteiger partial charge in [-0.1, -0.05) is 18.2 Å². The third kappa shape index (κ3) is 2.87. The second-order valence-corrected chi connectivity index (χ2v) is 4.95. The molecule has 1 aliphatic heterocycles. The predicted octanol–water partition coefficient (Wildman–Crippen LogP) is 3.14. The first kappa shape index (κ1) is 13.8. The summed E-state index contributed by atoms with van der Waals surface area (Å²) in [7, 11) is 0. The Labute approximate surface area is 116 Å². The summed E-state index contributed by atoms with van der Waals surface area (Å²) in [5, 5.41) is 0.692. The Kier molecular flexibility index (Phi) is 4.37. The quantitative estimate of drug-likeness (QED) is 0.796. The highest BCUT2D eigenvalue weighted by atomic mass is 32.2. The van der Waals surface area contributed by atoms with Gasteiger partial charge in [-0.3, -0.25) is 14.7 Å². The lowest BCUT2D eigenvalue weighted by atomic mass is 10.2. The van der Waals surface area contributed by atoms with Crippen LogP contribution in [0, 0.1) is 5.82 Å². The third-order valence-corrected chi connectivity index (χ3v) is 3.73. The average Bonchev–Trinajstić information content (AvgIpc) is 2.69. The number of thioether (sulfide) groups is 1. The fraction of sp³-hybridized carbons (Fsp3) is 0.286. The van der Waals surface area contributed by atoms with Crippen LogP contribution in [0.4, 0.5) is 4.39 Å². The van der Waals surface area contributed by atoms with E-state index in [-0.39, 0.29) is 11.7 Å². The topological polar surface area (TPSA) is 32.7 Å². The maximum absolute atomic E-state index is 13.6. The van der Waals surface area contributed by atoms with E-state index in [4.69, 9.17) is 0 Å². The van der Waals surface area contributed by atoms with E-state index in [1.165, 1.54) is 17.8 Å². The summed E-state index contributed by atoms with van der Waals surface area (Å²) in [5.74, 6) is -0.435. The molecule has 2 rings (SSSR count). The van der Waals surface area contributed by atoms with Gasteiger partial charge in [-0.2, -0.15) is 0 Å². The molecule has 0 saturated carbocycles. The molecule has 1 fully saturated rings. The number of likely N-dealkylation sites (N-methyl/N-ethyl adjacent to an activating group) is 1. The van der Waals surface area contributed by atoms with Crippen molar-refractivity contribution in [2.24, 2.45) is 4.99 Å². The molecule has 1 aromatic carbocycles. The summed E-state index contributed by atoms with van der Waals surface area (Å²) >= 11 is 1.30. The van der Waals surface area contributed by atoms with Crippen LogP contribution >= 0.6 is 11.8 Å². The number of carbonyl (C=O) groups is 1. The van der Waals surface area contributed by atoms with Crippen molar-refractivity contribution in [3.8, 4) is 0 Å². The maximum Gasteiger partial charge on any atom is 0.266 e. The van der Waals surface area contributed by atoms with E-state index in [9.17, 15) is 9.18 Å². The molecule has 0 N–H and O–H groups in total. The molecule has 1 saturated heterocycles. The van der Waals surface area contributed by atoms with Crippen LogP contribution in [0.3, 0.4) is 0 Å². The Hall–Kier alpha value is -1.62. The second-order valence-electron chi connectivity index (χ2n) is 3.94. The van der Waals surface area contributed by atoms with Crippen molar-refractivity contribution in [3.05, 3.63) is 40.6 Å². The van der Waals surface area contributed by atoms with E-state index >= 15 is 0 Å². The SMILES string of the molecule is CCN=C1S/C(=C\c2ccccc2F)C(=O)N1CC. The van der Waals surface area contributed by atoms with Crippen molar-refractivity contribution >= 4 is 28.9 Å². The van der Waals surface area contributed by atoms with Gasteiger partial charge in [-0.15, -0.1) is 0 Å². The molecule has 0 atom stereocenters. The van der Waals surface area contributed by atoms with Crippen molar-refractivity contribution in [3.63, 3.8) is 0 Å². The highest BCUT2D eigenvalue weighted by Crippen LogP contribution is 2.32. The molecule has 1 heterocycles. The van der Waals surface area contributed by atoms with Gasteiger partial charge in [0.2, 0.25) is 0 Å². The van der Waals surface area contributed by atoms with E-state index in [2.05, 4.69) is 4.99 Å². The molecule has 0 unspecified atom stereocenters. The Morgan fingerprint density at radius 2 is 2.11 bits per heavy atom. The first-order valence-corrected chi connectivity index (χ1v) is 6.99. The fourth-order valence-electron chi connectivity index (χ4n) is 1.77. The molecule has 0 radical (unpaired) electrons. The number of hydrogen-bond donors (Lipinski definition) is 0. The zero-order valence-corrected chi connectivity index (χ0v) is 11.7. The number of amidine groups is 1. The smallest absolute Gasteiger partial charge is 0.266 e. The predicted molar refractivity (Wildman–Crippen MR) is 77.3 cm³/mol. The number of rotatable bonds is 3. The van der Waals surface area contributed by atoms with Gasteiger partial charge in [-0.25, -0.2) is 4.39 Å². The summed E-state index contributed by atoms with van der Waals surface area (Å²) in [6.45, 7) is 5.01. The molecular formula is C14H15FN2OS. The van der Waals surface area contributed by atoms with Gasteiger partial charge in [0.25, 0.3) is 5.91 Å². The number of carbonyl (C=O) groups excluding carboxylic acids is 1. The number of hydrogen-bond acceptors (Lipinski definition) is 3.